The Morgan fingerprint density at radius 2 is 2.17 bits per heavy atom. The summed E-state index contributed by atoms with van der Waals surface area (Å²) in [7, 11) is 0. The van der Waals surface area contributed by atoms with Gasteiger partial charge in [-0.25, -0.2) is 4.68 Å². The minimum Gasteiger partial charge on any atom is -0.330 e. The number of nitrogens with two attached hydrogens (primary N) is 1. The second-order valence-electron chi connectivity index (χ2n) is 5.13. The minimum absolute atomic E-state index is 0.674. The molecule has 0 unspecified atom stereocenters. The molecule has 2 aromatic rings. The SMILES string of the molecule is Cc1ccc(-n2ccc(C3CC3)n2)c(CCN)c1. The molecule has 18 heavy (non-hydrogen) atoms. The topological polar surface area (TPSA) is 43.8 Å². The van der Waals surface area contributed by atoms with Gasteiger partial charge in [0.15, 0.2) is 0 Å². The molecule has 0 atom stereocenters. The predicted octanol–water partition coefficient (Wildman–Crippen LogP) is 2.56. The fraction of sp³-hybridized carbons (Fsp3) is 0.400. The maximum Gasteiger partial charge on any atom is 0.0678 e. The first-order valence-corrected chi connectivity index (χ1v) is 6.63. The molecule has 1 aromatic carbocycles. The Bertz CT molecular complexity index is 553. The van der Waals surface area contributed by atoms with E-state index in [4.69, 9.17) is 10.8 Å². The zero-order valence-corrected chi connectivity index (χ0v) is 10.8. The summed E-state index contributed by atoms with van der Waals surface area (Å²) in [4.78, 5) is 0. The number of hydrogen-bond donors (Lipinski definition) is 1. The summed E-state index contributed by atoms with van der Waals surface area (Å²) >= 11 is 0. The molecule has 1 aliphatic rings. The van der Waals surface area contributed by atoms with E-state index in [0.29, 0.717) is 12.5 Å². The van der Waals surface area contributed by atoms with E-state index in [1.54, 1.807) is 0 Å². The number of benzene rings is 1. The molecule has 3 heteroatoms. The van der Waals surface area contributed by atoms with Gasteiger partial charge in [0, 0.05) is 12.1 Å². The highest BCUT2D eigenvalue weighted by Gasteiger charge is 2.26. The Balaban J connectivity index is 1.97. The van der Waals surface area contributed by atoms with E-state index in [-0.39, 0.29) is 0 Å². The van der Waals surface area contributed by atoms with Crippen LogP contribution in [-0.4, -0.2) is 16.3 Å². The van der Waals surface area contributed by atoms with Crippen LogP contribution in [0.3, 0.4) is 0 Å². The molecular formula is C15H19N3. The first-order chi connectivity index (χ1) is 8.78. The van der Waals surface area contributed by atoms with Crippen molar-refractivity contribution in [3.05, 3.63) is 47.3 Å². The van der Waals surface area contributed by atoms with Gasteiger partial charge in [-0.15, -0.1) is 0 Å². The second kappa shape index (κ2) is 4.58. The lowest BCUT2D eigenvalue weighted by atomic mass is 10.1. The lowest BCUT2D eigenvalue weighted by Gasteiger charge is -2.10. The normalized spacial score (nSPS) is 15.0. The summed E-state index contributed by atoms with van der Waals surface area (Å²) in [6.45, 7) is 2.79. The van der Waals surface area contributed by atoms with E-state index >= 15 is 0 Å². The molecular weight excluding hydrogens is 222 g/mol. The summed E-state index contributed by atoms with van der Waals surface area (Å²) in [5, 5.41) is 4.69. The van der Waals surface area contributed by atoms with Crippen LogP contribution in [0.5, 0.6) is 0 Å². The van der Waals surface area contributed by atoms with E-state index in [1.165, 1.54) is 29.7 Å². The van der Waals surface area contributed by atoms with Crippen LogP contribution in [0.15, 0.2) is 30.5 Å². The van der Waals surface area contributed by atoms with E-state index in [9.17, 15) is 0 Å². The van der Waals surface area contributed by atoms with E-state index < -0.39 is 0 Å². The number of nitrogens with zero attached hydrogens (tertiary/aromatic N) is 2. The van der Waals surface area contributed by atoms with Crippen LogP contribution >= 0.6 is 0 Å². The van der Waals surface area contributed by atoms with Crippen LogP contribution in [0.4, 0.5) is 0 Å². The fourth-order valence-electron chi connectivity index (χ4n) is 2.36. The maximum atomic E-state index is 5.69. The predicted molar refractivity (Wildman–Crippen MR) is 73.0 cm³/mol. The molecule has 0 bridgehead atoms. The monoisotopic (exact) mass is 241 g/mol. The number of rotatable bonds is 4. The number of aromatic nitrogens is 2. The maximum absolute atomic E-state index is 5.69. The highest BCUT2D eigenvalue weighted by molar-refractivity contribution is 5.43. The standard InChI is InChI=1S/C15H19N3/c1-11-2-5-15(13(10-11)6-8-16)18-9-7-14(17-18)12-3-4-12/h2,5,7,9-10,12H,3-4,6,8,16H2,1H3. The third kappa shape index (κ3) is 2.18. The Hall–Kier alpha value is -1.61. The number of hydrogen-bond acceptors (Lipinski definition) is 2. The Labute approximate surface area is 108 Å². The summed E-state index contributed by atoms with van der Waals surface area (Å²) in [5.74, 6) is 0.703. The van der Waals surface area contributed by atoms with Gasteiger partial charge in [-0.2, -0.15) is 5.10 Å². The lowest BCUT2D eigenvalue weighted by molar-refractivity contribution is 0.818. The minimum atomic E-state index is 0.674. The zero-order chi connectivity index (χ0) is 12.5. The summed E-state index contributed by atoms with van der Waals surface area (Å²) in [6, 6.07) is 8.63. The third-order valence-electron chi connectivity index (χ3n) is 3.50. The average molecular weight is 241 g/mol. The van der Waals surface area contributed by atoms with Crippen molar-refractivity contribution in [2.75, 3.05) is 6.54 Å². The van der Waals surface area contributed by atoms with E-state index in [1.807, 2.05) is 4.68 Å². The molecule has 0 spiro atoms. The Morgan fingerprint density at radius 1 is 1.33 bits per heavy atom. The van der Waals surface area contributed by atoms with Crippen molar-refractivity contribution in [2.45, 2.75) is 32.1 Å². The Kier molecular flexibility index (Phi) is 2.92. The van der Waals surface area contributed by atoms with Gasteiger partial charge >= 0.3 is 0 Å². The van der Waals surface area contributed by atoms with Crippen LogP contribution in [0.25, 0.3) is 5.69 Å². The average Bonchev–Trinajstić information content (AvgIpc) is 3.09. The van der Waals surface area contributed by atoms with Gasteiger partial charge in [-0.1, -0.05) is 17.7 Å². The molecule has 1 heterocycles. The first-order valence-electron chi connectivity index (χ1n) is 6.63. The van der Waals surface area contributed by atoms with Gasteiger partial charge in [0.05, 0.1) is 11.4 Å². The highest BCUT2D eigenvalue weighted by Crippen LogP contribution is 2.39. The summed E-state index contributed by atoms with van der Waals surface area (Å²) < 4.78 is 2.00. The molecule has 1 aliphatic carbocycles. The first kappa shape index (κ1) is 11.5. The van der Waals surface area contributed by atoms with E-state index in [2.05, 4.69) is 37.4 Å². The molecule has 0 saturated heterocycles. The van der Waals surface area contributed by atoms with Crippen LogP contribution < -0.4 is 5.73 Å². The van der Waals surface area contributed by atoms with Gasteiger partial charge in [0.2, 0.25) is 0 Å². The third-order valence-corrected chi connectivity index (χ3v) is 3.50. The van der Waals surface area contributed by atoms with Gasteiger partial charge in [0.25, 0.3) is 0 Å². The molecule has 94 valence electrons. The molecule has 1 aromatic heterocycles. The van der Waals surface area contributed by atoms with Gasteiger partial charge in [-0.3, -0.25) is 0 Å². The summed E-state index contributed by atoms with van der Waals surface area (Å²) in [5.41, 5.74) is 10.6. The smallest absolute Gasteiger partial charge is 0.0678 e. The quantitative estimate of drug-likeness (QED) is 0.894. The van der Waals surface area contributed by atoms with Crippen LogP contribution in [-0.2, 0) is 6.42 Å². The molecule has 3 nitrogen and oxygen atoms in total. The van der Waals surface area contributed by atoms with Crippen molar-refractivity contribution >= 4 is 0 Å². The van der Waals surface area contributed by atoms with Crippen LogP contribution in [0, 0.1) is 6.92 Å². The lowest BCUT2D eigenvalue weighted by Crippen LogP contribution is -2.07. The van der Waals surface area contributed by atoms with Crippen molar-refractivity contribution in [1.82, 2.24) is 9.78 Å². The van der Waals surface area contributed by atoms with Crippen molar-refractivity contribution in [3.63, 3.8) is 0 Å². The molecule has 0 radical (unpaired) electrons. The summed E-state index contributed by atoms with van der Waals surface area (Å²) in [6.07, 6.45) is 5.55. The zero-order valence-electron chi connectivity index (χ0n) is 10.8. The van der Waals surface area contributed by atoms with Gasteiger partial charge in [-0.05, 0) is 50.4 Å². The molecule has 2 N–H and O–H groups in total. The fourth-order valence-corrected chi connectivity index (χ4v) is 2.36. The van der Waals surface area contributed by atoms with Crippen molar-refractivity contribution in [1.29, 1.82) is 0 Å². The second-order valence-corrected chi connectivity index (χ2v) is 5.13. The number of aryl methyl sites for hydroxylation is 1. The van der Waals surface area contributed by atoms with E-state index in [0.717, 1.165) is 12.1 Å². The van der Waals surface area contributed by atoms with Crippen LogP contribution in [0.1, 0.15) is 35.6 Å². The Morgan fingerprint density at radius 3 is 2.89 bits per heavy atom. The van der Waals surface area contributed by atoms with Crippen molar-refractivity contribution < 1.29 is 0 Å². The van der Waals surface area contributed by atoms with Gasteiger partial charge < -0.3 is 5.73 Å². The molecule has 3 rings (SSSR count). The molecule has 0 aliphatic heterocycles. The van der Waals surface area contributed by atoms with Gasteiger partial charge in [0.1, 0.15) is 0 Å². The molecule has 1 fully saturated rings. The molecule has 0 amide bonds. The van der Waals surface area contributed by atoms with Crippen LogP contribution in [0.2, 0.25) is 0 Å². The van der Waals surface area contributed by atoms with Crippen molar-refractivity contribution in [2.24, 2.45) is 5.73 Å². The molecule has 1 saturated carbocycles. The largest absolute Gasteiger partial charge is 0.330 e. The van der Waals surface area contributed by atoms with Crippen molar-refractivity contribution in [3.8, 4) is 5.69 Å². The highest BCUT2D eigenvalue weighted by atomic mass is 15.3.